The number of amides is 1. The minimum absolute atomic E-state index is 0.160. The lowest BCUT2D eigenvalue weighted by Crippen LogP contribution is -2.34. The molecule has 2 aromatic carbocycles. The molecule has 2 unspecified atom stereocenters. The monoisotopic (exact) mass is 455 g/mol. The first-order valence-corrected chi connectivity index (χ1v) is 11.5. The van der Waals surface area contributed by atoms with Crippen LogP contribution in [0, 0.1) is 11.3 Å². The molecule has 7 heteroatoms. The molecule has 3 aromatic rings. The molecule has 1 amide bonds. The maximum absolute atomic E-state index is 13.2. The summed E-state index contributed by atoms with van der Waals surface area (Å²) in [5, 5.41) is 15.3. The van der Waals surface area contributed by atoms with Gasteiger partial charge in [0.2, 0.25) is 5.91 Å². The van der Waals surface area contributed by atoms with Crippen LogP contribution in [0.15, 0.2) is 72.9 Å². The third kappa shape index (κ3) is 5.98. The third-order valence-corrected chi connectivity index (χ3v) is 6.08. The van der Waals surface area contributed by atoms with Crippen molar-refractivity contribution in [2.24, 2.45) is 0 Å². The molecule has 1 fully saturated rings. The number of nitrogens with one attached hydrogen (secondary N) is 2. The Bertz CT molecular complexity index is 1110. The molecule has 1 aliphatic heterocycles. The SMILES string of the molecule is COC1CCN(c2ccc(NC(=O)C(NCCc3ccc(C#N)cc3)c3ccccc3)nc2)C1. The summed E-state index contributed by atoms with van der Waals surface area (Å²) in [5.41, 5.74) is 3.66. The fourth-order valence-corrected chi connectivity index (χ4v) is 4.11. The maximum Gasteiger partial charge on any atom is 0.247 e. The van der Waals surface area contributed by atoms with Gasteiger partial charge in [0.05, 0.1) is 29.6 Å². The Hall–Kier alpha value is -3.73. The van der Waals surface area contributed by atoms with Crippen molar-refractivity contribution in [2.45, 2.75) is 25.0 Å². The van der Waals surface area contributed by atoms with E-state index < -0.39 is 6.04 Å². The molecular formula is C27H29N5O2. The maximum atomic E-state index is 13.2. The molecule has 0 bridgehead atoms. The highest BCUT2D eigenvalue weighted by atomic mass is 16.5. The number of methoxy groups -OCH3 is 1. The van der Waals surface area contributed by atoms with Gasteiger partial charge in [0.1, 0.15) is 11.9 Å². The van der Waals surface area contributed by atoms with Gasteiger partial charge in [-0.25, -0.2) is 4.98 Å². The largest absolute Gasteiger partial charge is 0.380 e. The van der Waals surface area contributed by atoms with Crippen molar-refractivity contribution >= 4 is 17.4 Å². The summed E-state index contributed by atoms with van der Waals surface area (Å²) in [7, 11) is 1.74. The molecule has 1 aliphatic rings. The number of hydrogen-bond donors (Lipinski definition) is 2. The molecule has 1 aromatic heterocycles. The van der Waals surface area contributed by atoms with Crippen LogP contribution in [0.25, 0.3) is 0 Å². The topological polar surface area (TPSA) is 90.3 Å². The van der Waals surface area contributed by atoms with E-state index in [4.69, 9.17) is 10.00 Å². The smallest absolute Gasteiger partial charge is 0.247 e. The Balaban J connectivity index is 1.39. The van der Waals surface area contributed by atoms with Crippen LogP contribution in [-0.4, -0.2) is 43.7 Å². The summed E-state index contributed by atoms with van der Waals surface area (Å²) in [4.78, 5) is 19.9. The van der Waals surface area contributed by atoms with E-state index in [1.165, 1.54) is 0 Å². The number of carbonyl (C=O) groups is 1. The molecular weight excluding hydrogens is 426 g/mol. The Labute approximate surface area is 200 Å². The van der Waals surface area contributed by atoms with E-state index >= 15 is 0 Å². The van der Waals surface area contributed by atoms with Crippen LogP contribution in [0.3, 0.4) is 0 Å². The predicted molar refractivity (Wildman–Crippen MR) is 133 cm³/mol. The zero-order valence-electron chi connectivity index (χ0n) is 19.3. The minimum Gasteiger partial charge on any atom is -0.380 e. The van der Waals surface area contributed by atoms with Crippen LogP contribution in [0.2, 0.25) is 0 Å². The van der Waals surface area contributed by atoms with Gasteiger partial charge >= 0.3 is 0 Å². The fourth-order valence-electron chi connectivity index (χ4n) is 4.11. The number of hydrogen-bond acceptors (Lipinski definition) is 6. The summed E-state index contributed by atoms with van der Waals surface area (Å²) < 4.78 is 5.44. The second-order valence-corrected chi connectivity index (χ2v) is 8.34. The van der Waals surface area contributed by atoms with Gasteiger partial charge in [-0.15, -0.1) is 0 Å². The zero-order valence-corrected chi connectivity index (χ0v) is 19.3. The summed E-state index contributed by atoms with van der Waals surface area (Å²) >= 11 is 0. The minimum atomic E-state index is -0.512. The number of pyridine rings is 1. The number of carbonyl (C=O) groups excluding carboxylic acids is 1. The third-order valence-electron chi connectivity index (χ3n) is 6.08. The summed E-state index contributed by atoms with van der Waals surface area (Å²) in [5.74, 6) is 0.359. The number of nitriles is 1. The first kappa shape index (κ1) is 23.4. The van der Waals surface area contributed by atoms with Crippen LogP contribution in [0.5, 0.6) is 0 Å². The molecule has 2 N–H and O–H groups in total. The zero-order chi connectivity index (χ0) is 23.8. The second kappa shape index (κ2) is 11.4. The average molecular weight is 456 g/mol. The van der Waals surface area contributed by atoms with Gasteiger partial charge in [-0.1, -0.05) is 42.5 Å². The van der Waals surface area contributed by atoms with Crippen molar-refractivity contribution in [3.63, 3.8) is 0 Å². The molecule has 2 heterocycles. The number of nitrogens with zero attached hydrogens (tertiary/aromatic N) is 3. The van der Waals surface area contributed by atoms with Gasteiger partial charge < -0.3 is 20.3 Å². The Morgan fingerprint density at radius 1 is 1.18 bits per heavy atom. The Kier molecular flexibility index (Phi) is 7.87. The fraction of sp³-hybridized carbons (Fsp3) is 0.296. The molecule has 34 heavy (non-hydrogen) atoms. The lowest BCUT2D eigenvalue weighted by atomic mass is 10.1. The van der Waals surface area contributed by atoms with Crippen molar-refractivity contribution in [3.8, 4) is 6.07 Å². The van der Waals surface area contributed by atoms with Crippen LogP contribution in [-0.2, 0) is 16.0 Å². The highest BCUT2D eigenvalue weighted by molar-refractivity contribution is 5.94. The van der Waals surface area contributed by atoms with Crippen LogP contribution in [0.4, 0.5) is 11.5 Å². The van der Waals surface area contributed by atoms with Crippen LogP contribution in [0.1, 0.15) is 29.2 Å². The number of aromatic nitrogens is 1. The van der Waals surface area contributed by atoms with Crippen LogP contribution >= 0.6 is 0 Å². The first-order chi connectivity index (χ1) is 16.7. The normalized spacial score (nSPS) is 16.1. The average Bonchev–Trinajstić information content (AvgIpc) is 3.37. The number of rotatable bonds is 9. The summed E-state index contributed by atoms with van der Waals surface area (Å²) in [6.07, 6.45) is 3.79. The van der Waals surface area contributed by atoms with Crippen molar-refractivity contribution < 1.29 is 9.53 Å². The molecule has 0 aliphatic carbocycles. The molecule has 2 atom stereocenters. The lowest BCUT2D eigenvalue weighted by molar-refractivity contribution is -0.118. The molecule has 7 nitrogen and oxygen atoms in total. The highest BCUT2D eigenvalue weighted by Crippen LogP contribution is 2.22. The van der Waals surface area contributed by atoms with Gasteiger partial charge in [0, 0.05) is 26.7 Å². The van der Waals surface area contributed by atoms with Gasteiger partial charge in [0.15, 0.2) is 0 Å². The van der Waals surface area contributed by atoms with Crippen molar-refractivity contribution in [2.75, 3.05) is 37.0 Å². The van der Waals surface area contributed by atoms with Gasteiger partial charge in [-0.05, 0) is 48.2 Å². The Morgan fingerprint density at radius 2 is 1.97 bits per heavy atom. The number of ether oxygens (including phenoxy) is 1. The van der Waals surface area contributed by atoms with Crippen molar-refractivity contribution in [1.29, 1.82) is 5.26 Å². The second-order valence-electron chi connectivity index (χ2n) is 8.34. The standard InChI is InChI=1S/C27H29N5O2/c1-34-24-14-16-32(19-24)23-11-12-25(30-18-23)31-27(33)26(22-5-3-2-4-6-22)29-15-13-20-7-9-21(17-28)10-8-20/h2-12,18,24,26,29H,13-16,19H2,1H3,(H,30,31,33). The molecule has 0 saturated carbocycles. The van der Waals surface area contributed by atoms with Gasteiger partial charge in [-0.3, -0.25) is 4.79 Å². The Morgan fingerprint density at radius 3 is 2.62 bits per heavy atom. The van der Waals surface area contributed by atoms with Gasteiger partial charge in [0.25, 0.3) is 0 Å². The molecule has 4 rings (SSSR count). The van der Waals surface area contributed by atoms with Gasteiger partial charge in [-0.2, -0.15) is 5.26 Å². The highest BCUT2D eigenvalue weighted by Gasteiger charge is 2.23. The van der Waals surface area contributed by atoms with E-state index in [2.05, 4.69) is 26.6 Å². The van der Waals surface area contributed by atoms with E-state index in [-0.39, 0.29) is 12.0 Å². The van der Waals surface area contributed by atoms with Crippen molar-refractivity contribution in [3.05, 3.63) is 89.6 Å². The van der Waals surface area contributed by atoms with E-state index in [9.17, 15) is 4.79 Å². The van der Waals surface area contributed by atoms with E-state index in [1.807, 2.05) is 66.7 Å². The number of benzene rings is 2. The van der Waals surface area contributed by atoms with Crippen molar-refractivity contribution in [1.82, 2.24) is 10.3 Å². The first-order valence-electron chi connectivity index (χ1n) is 11.5. The molecule has 0 spiro atoms. The van der Waals surface area contributed by atoms with E-state index in [1.54, 1.807) is 13.3 Å². The lowest BCUT2D eigenvalue weighted by Gasteiger charge is -2.20. The molecule has 0 radical (unpaired) electrons. The summed E-state index contributed by atoms with van der Waals surface area (Å²) in [6.45, 7) is 2.40. The molecule has 1 saturated heterocycles. The quantitative estimate of drug-likeness (QED) is 0.511. The summed E-state index contributed by atoms with van der Waals surface area (Å²) in [6, 6.07) is 22.6. The predicted octanol–water partition coefficient (Wildman–Crippen LogP) is 3.69. The molecule has 174 valence electrons. The van der Waals surface area contributed by atoms with Crippen LogP contribution < -0.4 is 15.5 Å². The van der Waals surface area contributed by atoms with E-state index in [0.717, 1.165) is 42.7 Å². The number of anilines is 2. The van der Waals surface area contributed by atoms with E-state index in [0.29, 0.717) is 17.9 Å².